The fourth-order valence-electron chi connectivity index (χ4n) is 2.05. The number of sulfone groups is 1. The third-order valence-electron chi connectivity index (χ3n) is 2.93. The van der Waals surface area contributed by atoms with E-state index in [1.165, 1.54) is 12.1 Å². The Morgan fingerprint density at radius 3 is 2.58 bits per heavy atom. The number of nitrogens with zero attached hydrogens (tertiary/aromatic N) is 1. The van der Waals surface area contributed by atoms with Gasteiger partial charge in [-0.1, -0.05) is 5.16 Å². The van der Waals surface area contributed by atoms with Gasteiger partial charge in [-0.3, -0.25) is 4.79 Å². The molecule has 2 rings (SSSR count). The van der Waals surface area contributed by atoms with Crippen LogP contribution in [0.25, 0.3) is 0 Å². The lowest BCUT2D eigenvalue weighted by Gasteiger charge is -2.12. The Hall–Kier alpha value is -1.40. The molecular formula is C12H12ClNO4S. The zero-order chi connectivity index (χ0) is 14.2. The summed E-state index contributed by atoms with van der Waals surface area (Å²) in [7, 11) is -3.43. The highest BCUT2D eigenvalue weighted by Crippen LogP contribution is 2.27. The summed E-state index contributed by atoms with van der Waals surface area (Å²) in [6, 6.07) is 2.80. The molecule has 0 aromatic heterocycles. The van der Waals surface area contributed by atoms with Gasteiger partial charge in [0.15, 0.2) is 9.84 Å². The minimum absolute atomic E-state index is 0.135. The maximum Gasteiger partial charge on any atom is 0.252 e. The van der Waals surface area contributed by atoms with Gasteiger partial charge in [0.2, 0.25) is 0 Å². The van der Waals surface area contributed by atoms with Crippen molar-refractivity contribution in [1.29, 1.82) is 0 Å². The minimum atomic E-state index is -3.43. The Bertz CT molecular complexity index is 679. The number of benzene rings is 1. The third kappa shape index (κ3) is 2.64. The topological polar surface area (TPSA) is 72.8 Å². The minimum Gasteiger partial charge on any atom is -0.395 e. The number of carbonyl (C=O) groups is 1. The maximum absolute atomic E-state index is 11.8. The van der Waals surface area contributed by atoms with Crippen LogP contribution in [0.3, 0.4) is 0 Å². The van der Waals surface area contributed by atoms with E-state index in [-0.39, 0.29) is 10.5 Å². The van der Waals surface area contributed by atoms with E-state index in [9.17, 15) is 13.2 Å². The van der Waals surface area contributed by atoms with Crippen LogP contribution in [0, 0.1) is 6.92 Å². The number of hydrogen-bond donors (Lipinski definition) is 0. The van der Waals surface area contributed by atoms with Gasteiger partial charge in [-0.15, -0.1) is 0 Å². The fraction of sp³-hybridized carbons (Fsp3) is 0.333. The van der Waals surface area contributed by atoms with Crippen LogP contribution in [0.2, 0.25) is 0 Å². The van der Waals surface area contributed by atoms with Crippen molar-refractivity contribution in [1.82, 2.24) is 0 Å². The van der Waals surface area contributed by atoms with Crippen LogP contribution in [0.4, 0.5) is 0 Å². The molecule has 1 aliphatic rings. The Labute approximate surface area is 116 Å². The summed E-state index contributed by atoms with van der Waals surface area (Å²) in [6.45, 7) is 2.05. The maximum atomic E-state index is 11.8. The van der Waals surface area contributed by atoms with Gasteiger partial charge in [0, 0.05) is 23.8 Å². The second-order valence-corrected chi connectivity index (χ2v) is 6.61. The second kappa shape index (κ2) is 4.94. The SMILES string of the molecule is Cc1c(C(=O)Cl)ccc(S(C)(=O)=O)c1C1=NOCC1. The average Bonchev–Trinajstić information content (AvgIpc) is 2.79. The third-order valence-corrected chi connectivity index (χ3v) is 4.27. The molecule has 1 heterocycles. The molecular weight excluding hydrogens is 290 g/mol. The molecule has 0 spiro atoms. The summed E-state index contributed by atoms with van der Waals surface area (Å²) < 4.78 is 23.7. The molecule has 0 fully saturated rings. The van der Waals surface area contributed by atoms with Gasteiger partial charge in [-0.2, -0.15) is 0 Å². The molecule has 0 saturated carbocycles. The molecule has 0 bridgehead atoms. The first-order valence-electron chi connectivity index (χ1n) is 5.55. The van der Waals surface area contributed by atoms with E-state index in [0.29, 0.717) is 29.9 Å². The summed E-state index contributed by atoms with van der Waals surface area (Å²) in [5.74, 6) is 0. The van der Waals surface area contributed by atoms with Crippen LogP contribution in [0.1, 0.15) is 27.9 Å². The molecule has 0 radical (unpaired) electrons. The first kappa shape index (κ1) is 14.0. The number of hydrogen-bond acceptors (Lipinski definition) is 5. The van der Waals surface area contributed by atoms with Gasteiger partial charge >= 0.3 is 0 Å². The van der Waals surface area contributed by atoms with E-state index >= 15 is 0 Å². The molecule has 102 valence electrons. The summed E-state index contributed by atoms with van der Waals surface area (Å²) >= 11 is 5.49. The largest absolute Gasteiger partial charge is 0.395 e. The van der Waals surface area contributed by atoms with Gasteiger partial charge in [-0.25, -0.2) is 8.42 Å². The standard InChI is InChI=1S/C12H12ClNO4S/c1-7-8(12(13)15)3-4-10(19(2,16)17)11(7)9-5-6-18-14-9/h3-4H,5-6H2,1-2H3. The van der Waals surface area contributed by atoms with Gasteiger partial charge < -0.3 is 4.84 Å². The molecule has 7 heteroatoms. The monoisotopic (exact) mass is 301 g/mol. The lowest BCUT2D eigenvalue weighted by molar-refractivity contribution is 0.108. The van der Waals surface area contributed by atoms with Crippen LogP contribution in [-0.4, -0.2) is 32.2 Å². The van der Waals surface area contributed by atoms with E-state index in [2.05, 4.69) is 5.16 Å². The van der Waals surface area contributed by atoms with Crippen molar-refractivity contribution in [3.8, 4) is 0 Å². The van der Waals surface area contributed by atoms with Crippen molar-refractivity contribution < 1.29 is 18.0 Å². The molecule has 1 aliphatic heterocycles. The average molecular weight is 302 g/mol. The summed E-state index contributed by atoms with van der Waals surface area (Å²) in [6.07, 6.45) is 1.62. The molecule has 0 unspecified atom stereocenters. The smallest absolute Gasteiger partial charge is 0.252 e. The number of carbonyl (C=O) groups excluding carboxylic acids is 1. The molecule has 0 aliphatic carbocycles. The zero-order valence-electron chi connectivity index (χ0n) is 10.4. The van der Waals surface area contributed by atoms with Gasteiger partial charge in [0.05, 0.1) is 10.6 Å². The predicted molar refractivity (Wildman–Crippen MR) is 71.6 cm³/mol. The van der Waals surface area contributed by atoms with Crippen molar-refractivity contribution in [2.45, 2.75) is 18.2 Å². The normalized spacial score (nSPS) is 15.0. The molecule has 0 amide bonds. The van der Waals surface area contributed by atoms with E-state index in [1.807, 2.05) is 0 Å². The first-order valence-corrected chi connectivity index (χ1v) is 7.82. The summed E-state index contributed by atoms with van der Waals surface area (Å²) in [4.78, 5) is 16.4. The molecule has 1 aromatic rings. The van der Waals surface area contributed by atoms with Crippen LogP contribution >= 0.6 is 11.6 Å². The summed E-state index contributed by atoms with van der Waals surface area (Å²) in [5.41, 5.74) is 1.73. The van der Waals surface area contributed by atoms with Crippen molar-refractivity contribution in [3.05, 3.63) is 28.8 Å². The molecule has 0 N–H and O–H groups in total. The lowest BCUT2D eigenvalue weighted by atomic mass is 9.98. The Balaban J connectivity index is 2.77. The Morgan fingerprint density at radius 1 is 1.42 bits per heavy atom. The van der Waals surface area contributed by atoms with Crippen LogP contribution in [-0.2, 0) is 14.7 Å². The van der Waals surface area contributed by atoms with Crippen molar-refractivity contribution in [2.24, 2.45) is 5.16 Å². The van der Waals surface area contributed by atoms with Crippen LogP contribution in [0.15, 0.2) is 22.2 Å². The number of rotatable bonds is 3. The van der Waals surface area contributed by atoms with Crippen LogP contribution < -0.4 is 0 Å². The van der Waals surface area contributed by atoms with Crippen LogP contribution in [0.5, 0.6) is 0 Å². The molecule has 5 nitrogen and oxygen atoms in total. The zero-order valence-corrected chi connectivity index (χ0v) is 12.0. The van der Waals surface area contributed by atoms with Gasteiger partial charge in [-0.05, 0) is 36.2 Å². The van der Waals surface area contributed by atoms with E-state index in [0.717, 1.165) is 6.26 Å². The van der Waals surface area contributed by atoms with Gasteiger partial charge in [0.25, 0.3) is 5.24 Å². The quantitative estimate of drug-likeness (QED) is 0.799. The lowest BCUT2D eigenvalue weighted by Crippen LogP contribution is -2.12. The number of halogens is 1. The van der Waals surface area contributed by atoms with E-state index < -0.39 is 15.1 Å². The van der Waals surface area contributed by atoms with Crippen molar-refractivity contribution >= 4 is 32.4 Å². The predicted octanol–water partition coefficient (Wildman–Crippen LogP) is 1.90. The van der Waals surface area contributed by atoms with Gasteiger partial charge in [0.1, 0.15) is 6.61 Å². The highest BCUT2D eigenvalue weighted by atomic mass is 35.5. The Kier molecular flexibility index (Phi) is 3.64. The molecule has 1 aromatic carbocycles. The number of oxime groups is 1. The Morgan fingerprint density at radius 2 is 2.11 bits per heavy atom. The highest BCUT2D eigenvalue weighted by molar-refractivity contribution is 7.90. The fourth-order valence-corrected chi connectivity index (χ4v) is 3.21. The molecule has 0 saturated heterocycles. The highest BCUT2D eigenvalue weighted by Gasteiger charge is 2.25. The van der Waals surface area contributed by atoms with Crippen molar-refractivity contribution in [2.75, 3.05) is 12.9 Å². The van der Waals surface area contributed by atoms with E-state index in [1.54, 1.807) is 6.92 Å². The van der Waals surface area contributed by atoms with E-state index in [4.69, 9.17) is 16.4 Å². The molecule has 0 atom stereocenters. The summed E-state index contributed by atoms with van der Waals surface area (Å²) in [5, 5.41) is 3.21. The molecule has 19 heavy (non-hydrogen) atoms. The first-order chi connectivity index (χ1) is 8.82. The second-order valence-electron chi connectivity index (χ2n) is 4.28. The van der Waals surface area contributed by atoms with Crippen molar-refractivity contribution in [3.63, 3.8) is 0 Å².